The molecule has 76 valence electrons. The van der Waals surface area contributed by atoms with Gasteiger partial charge in [0, 0.05) is 20.0 Å². The Bertz CT molecular complexity index is 193. The predicted molar refractivity (Wildman–Crippen MR) is 51.3 cm³/mol. The number of nitrogens with zero attached hydrogens (tertiary/aromatic N) is 1. The van der Waals surface area contributed by atoms with Gasteiger partial charge in [0.1, 0.15) is 0 Å². The minimum atomic E-state index is -0.550. The van der Waals surface area contributed by atoms with Crippen molar-refractivity contribution in [2.24, 2.45) is 5.92 Å². The Kier molecular flexibility index (Phi) is 2.96. The van der Waals surface area contributed by atoms with Gasteiger partial charge in [0.05, 0.1) is 5.60 Å². The number of carbonyl (C=O) groups excluding carboxylic acids is 1. The van der Waals surface area contributed by atoms with Crippen LogP contribution in [0.15, 0.2) is 0 Å². The van der Waals surface area contributed by atoms with Gasteiger partial charge in [-0.1, -0.05) is 13.8 Å². The van der Waals surface area contributed by atoms with Crippen molar-refractivity contribution in [3.63, 3.8) is 0 Å². The molecule has 0 aromatic carbocycles. The summed E-state index contributed by atoms with van der Waals surface area (Å²) in [5.41, 5.74) is -0.550. The highest BCUT2D eigenvalue weighted by Crippen LogP contribution is 2.29. The van der Waals surface area contributed by atoms with Crippen molar-refractivity contribution >= 4 is 5.91 Å². The summed E-state index contributed by atoms with van der Waals surface area (Å²) in [6, 6.07) is 0. The summed E-state index contributed by atoms with van der Waals surface area (Å²) in [6.07, 6.45) is 1.43. The second-order valence-electron chi connectivity index (χ2n) is 4.26. The molecule has 0 radical (unpaired) electrons. The van der Waals surface area contributed by atoms with E-state index in [2.05, 4.69) is 0 Å². The van der Waals surface area contributed by atoms with E-state index >= 15 is 0 Å². The first-order chi connectivity index (χ1) is 5.96. The smallest absolute Gasteiger partial charge is 0.219 e. The van der Waals surface area contributed by atoms with Crippen LogP contribution in [-0.4, -0.2) is 34.6 Å². The summed E-state index contributed by atoms with van der Waals surface area (Å²) in [6.45, 7) is 7.04. The largest absolute Gasteiger partial charge is 0.389 e. The molecule has 1 fully saturated rings. The lowest BCUT2D eigenvalue weighted by atomic mass is 9.81. The van der Waals surface area contributed by atoms with Gasteiger partial charge in [0.15, 0.2) is 0 Å². The molecule has 0 bridgehead atoms. The number of carbonyl (C=O) groups is 1. The van der Waals surface area contributed by atoms with Gasteiger partial charge in [-0.05, 0) is 18.8 Å². The van der Waals surface area contributed by atoms with Gasteiger partial charge in [-0.3, -0.25) is 4.79 Å². The molecule has 0 aromatic heterocycles. The van der Waals surface area contributed by atoms with Crippen LogP contribution < -0.4 is 0 Å². The van der Waals surface area contributed by atoms with E-state index in [9.17, 15) is 9.90 Å². The van der Waals surface area contributed by atoms with Crippen molar-refractivity contribution in [1.29, 1.82) is 0 Å². The molecule has 3 heteroatoms. The lowest BCUT2D eigenvalue weighted by molar-refractivity contribution is -0.134. The average molecular weight is 185 g/mol. The molecule has 1 saturated heterocycles. The lowest BCUT2D eigenvalue weighted by Crippen LogP contribution is -2.48. The lowest BCUT2D eigenvalue weighted by Gasteiger charge is -2.40. The number of piperidine rings is 1. The predicted octanol–water partition coefficient (Wildman–Crippen LogP) is 1.02. The highest BCUT2D eigenvalue weighted by atomic mass is 16.3. The summed E-state index contributed by atoms with van der Waals surface area (Å²) < 4.78 is 0. The zero-order valence-electron chi connectivity index (χ0n) is 8.71. The molecular formula is C10H19NO2. The van der Waals surface area contributed by atoms with E-state index < -0.39 is 5.60 Å². The van der Waals surface area contributed by atoms with Gasteiger partial charge in [0.25, 0.3) is 0 Å². The molecule has 0 atom stereocenters. The maximum absolute atomic E-state index is 11.0. The molecule has 3 nitrogen and oxygen atoms in total. The highest BCUT2D eigenvalue weighted by molar-refractivity contribution is 5.73. The minimum Gasteiger partial charge on any atom is -0.389 e. The fourth-order valence-electron chi connectivity index (χ4n) is 1.79. The third kappa shape index (κ3) is 2.21. The van der Waals surface area contributed by atoms with Gasteiger partial charge in [-0.15, -0.1) is 0 Å². The second kappa shape index (κ2) is 3.66. The molecule has 0 aromatic rings. The second-order valence-corrected chi connectivity index (χ2v) is 4.26. The fourth-order valence-corrected chi connectivity index (χ4v) is 1.79. The Morgan fingerprint density at radius 2 is 1.85 bits per heavy atom. The van der Waals surface area contributed by atoms with Crippen LogP contribution in [0.3, 0.4) is 0 Å². The van der Waals surface area contributed by atoms with Gasteiger partial charge in [-0.2, -0.15) is 0 Å². The van der Waals surface area contributed by atoms with Crippen molar-refractivity contribution in [2.75, 3.05) is 13.1 Å². The van der Waals surface area contributed by atoms with E-state index in [1.54, 1.807) is 11.8 Å². The van der Waals surface area contributed by atoms with Crippen LogP contribution in [0.4, 0.5) is 0 Å². The molecule has 0 saturated carbocycles. The topological polar surface area (TPSA) is 40.5 Å². The SMILES string of the molecule is CC(=O)N1CCC(O)(C(C)C)CC1. The molecule has 0 unspecified atom stereocenters. The Balaban J connectivity index is 2.51. The molecule has 1 N–H and O–H groups in total. The van der Waals surface area contributed by atoms with E-state index in [0.29, 0.717) is 25.9 Å². The molecular weight excluding hydrogens is 166 g/mol. The number of hydrogen-bond donors (Lipinski definition) is 1. The first-order valence-electron chi connectivity index (χ1n) is 4.93. The van der Waals surface area contributed by atoms with Crippen molar-refractivity contribution in [3.05, 3.63) is 0 Å². The minimum absolute atomic E-state index is 0.116. The zero-order chi connectivity index (χ0) is 10.1. The van der Waals surface area contributed by atoms with Crippen molar-refractivity contribution in [3.8, 4) is 0 Å². The summed E-state index contributed by atoms with van der Waals surface area (Å²) in [7, 11) is 0. The van der Waals surface area contributed by atoms with Gasteiger partial charge >= 0.3 is 0 Å². The maximum atomic E-state index is 11.0. The molecule has 1 heterocycles. The van der Waals surface area contributed by atoms with Crippen LogP contribution in [-0.2, 0) is 4.79 Å². The first-order valence-corrected chi connectivity index (χ1v) is 4.93. The fraction of sp³-hybridized carbons (Fsp3) is 0.900. The standard InChI is InChI=1S/C10H19NO2/c1-8(2)10(13)4-6-11(7-5-10)9(3)12/h8,13H,4-7H2,1-3H3. The Labute approximate surface area is 79.7 Å². The maximum Gasteiger partial charge on any atom is 0.219 e. The van der Waals surface area contributed by atoms with Crippen molar-refractivity contribution < 1.29 is 9.90 Å². The normalized spacial score (nSPS) is 22.1. The molecule has 0 spiro atoms. The van der Waals surface area contributed by atoms with Crippen LogP contribution in [0, 0.1) is 5.92 Å². The van der Waals surface area contributed by atoms with Crippen molar-refractivity contribution in [2.45, 2.75) is 39.2 Å². The van der Waals surface area contributed by atoms with E-state index in [-0.39, 0.29) is 11.8 Å². The number of likely N-dealkylation sites (tertiary alicyclic amines) is 1. The van der Waals surface area contributed by atoms with Crippen molar-refractivity contribution in [1.82, 2.24) is 4.90 Å². The van der Waals surface area contributed by atoms with Crippen LogP contribution in [0.5, 0.6) is 0 Å². The molecule has 1 aliphatic heterocycles. The summed E-state index contributed by atoms with van der Waals surface area (Å²) in [5, 5.41) is 10.1. The average Bonchev–Trinajstić information content (AvgIpc) is 2.04. The van der Waals surface area contributed by atoms with E-state index in [0.717, 1.165) is 0 Å². The number of amides is 1. The van der Waals surface area contributed by atoms with E-state index in [1.165, 1.54) is 0 Å². The summed E-state index contributed by atoms with van der Waals surface area (Å²) >= 11 is 0. The third-order valence-corrected chi connectivity index (χ3v) is 3.15. The number of aliphatic hydroxyl groups is 1. The molecule has 1 rings (SSSR count). The van der Waals surface area contributed by atoms with Gasteiger partial charge < -0.3 is 10.0 Å². The number of hydrogen-bond acceptors (Lipinski definition) is 2. The van der Waals surface area contributed by atoms with E-state index in [1.807, 2.05) is 13.8 Å². The highest BCUT2D eigenvalue weighted by Gasteiger charge is 2.35. The van der Waals surface area contributed by atoms with Crippen LogP contribution in [0.2, 0.25) is 0 Å². The van der Waals surface area contributed by atoms with Crippen LogP contribution >= 0.6 is 0 Å². The third-order valence-electron chi connectivity index (χ3n) is 3.15. The van der Waals surface area contributed by atoms with Gasteiger partial charge in [-0.25, -0.2) is 0 Å². The van der Waals surface area contributed by atoms with Crippen LogP contribution in [0.25, 0.3) is 0 Å². The summed E-state index contributed by atoms with van der Waals surface area (Å²) in [5.74, 6) is 0.396. The number of rotatable bonds is 1. The summed E-state index contributed by atoms with van der Waals surface area (Å²) in [4.78, 5) is 12.8. The van der Waals surface area contributed by atoms with Gasteiger partial charge in [0.2, 0.25) is 5.91 Å². The Morgan fingerprint density at radius 3 is 2.15 bits per heavy atom. The Hall–Kier alpha value is -0.570. The van der Waals surface area contributed by atoms with Crippen LogP contribution in [0.1, 0.15) is 33.6 Å². The monoisotopic (exact) mass is 185 g/mol. The molecule has 1 amide bonds. The quantitative estimate of drug-likeness (QED) is 0.662. The zero-order valence-corrected chi connectivity index (χ0v) is 8.71. The molecule has 1 aliphatic rings. The Morgan fingerprint density at radius 1 is 1.38 bits per heavy atom. The first kappa shape index (κ1) is 10.5. The molecule has 13 heavy (non-hydrogen) atoms. The van der Waals surface area contributed by atoms with E-state index in [4.69, 9.17) is 0 Å². The molecule has 0 aliphatic carbocycles.